The van der Waals surface area contributed by atoms with Gasteiger partial charge >= 0.3 is 6.09 Å². The summed E-state index contributed by atoms with van der Waals surface area (Å²) in [6.45, 7) is 8.32. The molecule has 348 valence electrons. The topological polar surface area (TPSA) is 265 Å². The molecule has 10 rings (SSSR count). The molecule has 0 spiro atoms. The third-order valence-corrected chi connectivity index (χ3v) is 11.2. The van der Waals surface area contributed by atoms with Crippen molar-refractivity contribution in [1.29, 1.82) is 0 Å². The van der Waals surface area contributed by atoms with Crippen molar-refractivity contribution in [3.63, 3.8) is 0 Å². The van der Waals surface area contributed by atoms with Gasteiger partial charge in [0.25, 0.3) is 11.8 Å². The zero-order chi connectivity index (χ0) is 46.7. The van der Waals surface area contributed by atoms with Crippen LogP contribution in [0.3, 0.4) is 0 Å². The summed E-state index contributed by atoms with van der Waals surface area (Å²) < 4.78 is 9.28. The third kappa shape index (κ3) is 10.0. The molecule has 0 unspecified atom stereocenters. The third-order valence-electron chi connectivity index (χ3n) is 11.2. The number of halogens is 1. The molecule has 21 heteroatoms. The molecule has 8 heterocycles. The lowest BCUT2D eigenvalue weighted by Gasteiger charge is -2.24. The van der Waals surface area contributed by atoms with E-state index in [0.717, 1.165) is 41.7 Å². The van der Waals surface area contributed by atoms with E-state index in [1.807, 2.05) is 60.5 Å². The van der Waals surface area contributed by atoms with Crippen LogP contribution >= 0.6 is 12.4 Å². The van der Waals surface area contributed by atoms with Gasteiger partial charge in [-0.05, 0) is 88.7 Å². The summed E-state index contributed by atoms with van der Waals surface area (Å²) in [5.41, 5.74) is 17.1. The Morgan fingerprint density at radius 2 is 1.16 bits per heavy atom. The minimum Gasteiger partial charge on any atom is -0.444 e. The van der Waals surface area contributed by atoms with Gasteiger partial charge in [0.1, 0.15) is 52.9 Å². The van der Waals surface area contributed by atoms with Gasteiger partial charge in [-0.15, -0.1) is 12.4 Å². The lowest BCUT2D eigenvalue weighted by atomic mass is 10.1. The van der Waals surface area contributed by atoms with Crippen molar-refractivity contribution >= 4 is 75.7 Å². The second kappa shape index (κ2) is 19.8. The highest BCUT2D eigenvalue weighted by Crippen LogP contribution is 2.35. The smallest absolute Gasteiger partial charge is 0.410 e. The number of benzene rings is 2. The molecule has 2 fully saturated rings. The normalized spacial score (nSPS) is 15.6. The standard InChI is InChI=1S/C26H28N8O3.C21H20N8O.ClH/c1-26(2,3)37-25(36)33-13-11-18(14-33)34-23-20(22(27)29-15-30-23)21(32-34)16-7-9-17(10-8-16)24(35)31-19-6-4-5-12-28-19;22-19-17-18(28-29(15-8-10-23-11-15)20(17)26-12-25-19)13-4-6-14(7-5-13)21(30)27-16-3-1-2-9-24-16;/h4-10,12,15,18H,11,13-14H2,1-3H3,(H2,27,29,30)(H,28,31,35);1-7,9,12,15,23H,8,10-11H2,(H2,22,25,26)(H,24,27,30);1H/t18-;15-;/m11./s1. The number of nitrogens with two attached hydrogens (primary N) is 2. The van der Waals surface area contributed by atoms with Crippen molar-refractivity contribution in [2.24, 2.45) is 0 Å². The van der Waals surface area contributed by atoms with Crippen molar-refractivity contribution in [1.82, 2.24) is 59.7 Å². The highest BCUT2D eigenvalue weighted by Gasteiger charge is 2.33. The molecule has 68 heavy (non-hydrogen) atoms. The molecule has 2 saturated heterocycles. The van der Waals surface area contributed by atoms with Gasteiger partial charge in [-0.25, -0.2) is 44.1 Å². The second-order valence-corrected chi connectivity index (χ2v) is 17.0. The Morgan fingerprint density at radius 1 is 0.662 bits per heavy atom. The first-order chi connectivity index (χ1) is 32.4. The van der Waals surface area contributed by atoms with Crippen LogP contribution < -0.4 is 27.4 Å². The number of nitrogens with zero attached hydrogens (tertiary/aromatic N) is 11. The van der Waals surface area contributed by atoms with Crippen LogP contribution in [0.15, 0.2) is 110 Å². The van der Waals surface area contributed by atoms with Crippen molar-refractivity contribution in [2.75, 3.05) is 48.3 Å². The van der Waals surface area contributed by atoms with Crippen LogP contribution in [0.5, 0.6) is 0 Å². The van der Waals surface area contributed by atoms with Gasteiger partial charge in [-0.2, -0.15) is 10.2 Å². The number of pyridine rings is 2. The molecule has 6 aromatic heterocycles. The van der Waals surface area contributed by atoms with Crippen molar-refractivity contribution in [3.05, 3.63) is 121 Å². The summed E-state index contributed by atoms with van der Waals surface area (Å²) in [4.78, 5) is 64.8. The summed E-state index contributed by atoms with van der Waals surface area (Å²) in [5.74, 6) is 1.19. The zero-order valence-electron chi connectivity index (χ0n) is 37.4. The van der Waals surface area contributed by atoms with E-state index in [2.05, 4.69) is 45.9 Å². The van der Waals surface area contributed by atoms with E-state index < -0.39 is 5.60 Å². The first kappa shape index (κ1) is 46.4. The molecule has 7 N–H and O–H groups in total. The van der Waals surface area contributed by atoms with E-state index in [4.69, 9.17) is 26.4 Å². The van der Waals surface area contributed by atoms with Crippen LogP contribution in [0.25, 0.3) is 44.6 Å². The maximum absolute atomic E-state index is 12.6. The number of aromatic nitrogens is 10. The van der Waals surface area contributed by atoms with E-state index in [-0.39, 0.29) is 42.4 Å². The number of rotatable bonds is 8. The fourth-order valence-electron chi connectivity index (χ4n) is 8.00. The monoisotopic (exact) mass is 936 g/mol. The van der Waals surface area contributed by atoms with Crippen LogP contribution in [0.1, 0.15) is 66.4 Å². The minimum absolute atomic E-state index is 0. The van der Waals surface area contributed by atoms with Gasteiger partial charge < -0.3 is 37.1 Å². The molecule has 0 radical (unpaired) electrons. The van der Waals surface area contributed by atoms with Gasteiger partial charge in [0.15, 0.2) is 11.3 Å². The van der Waals surface area contributed by atoms with Crippen LogP contribution in [-0.4, -0.2) is 104 Å². The van der Waals surface area contributed by atoms with Crippen molar-refractivity contribution in [2.45, 2.75) is 51.3 Å². The van der Waals surface area contributed by atoms with E-state index in [0.29, 0.717) is 76.3 Å². The molecule has 0 bridgehead atoms. The lowest BCUT2D eigenvalue weighted by molar-refractivity contribution is 0.0288. The van der Waals surface area contributed by atoms with Crippen LogP contribution in [-0.2, 0) is 4.74 Å². The molecule has 8 aromatic rings. The van der Waals surface area contributed by atoms with Gasteiger partial charge in [-0.3, -0.25) is 9.59 Å². The maximum Gasteiger partial charge on any atom is 0.410 e. The van der Waals surface area contributed by atoms with Crippen molar-refractivity contribution in [3.8, 4) is 22.5 Å². The Labute approximate surface area is 396 Å². The average molecular weight is 937 g/mol. The summed E-state index contributed by atoms with van der Waals surface area (Å²) in [6.07, 6.45) is 7.45. The number of nitrogen functional groups attached to an aromatic ring is 2. The number of likely N-dealkylation sites (tertiary alicyclic amines) is 1. The maximum atomic E-state index is 12.6. The van der Waals surface area contributed by atoms with Crippen LogP contribution in [0.4, 0.5) is 28.1 Å². The van der Waals surface area contributed by atoms with E-state index in [9.17, 15) is 14.4 Å². The zero-order valence-corrected chi connectivity index (χ0v) is 38.2. The molecule has 2 aliphatic heterocycles. The summed E-state index contributed by atoms with van der Waals surface area (Å²) in [6, 6.07) is 25.1. The lowest BCUT2D eigenvalue weighted by Crippen LogP contribution is -2.35. The number of anilines is 4. The molecule has 0 aliphatic carbocycles. The van der Waals surface area contributed by atoms with Crippen LogP contribution in [0.2, 0.25) is 0 Å². The largest absolute Gasteiger partial charge is 0.444 e. The average Bonchev–Trinajstić information content (AvgIpc) is 4.17. The predicted molar refractivity (Wildman–Crippen MR) is 260 cm³/mol. The molecule has 0 saturated carbocycles. The van der Waals surface area contributed by atoms with Gasteiger partial charge in [0.2, 0.25) is 0 Å². The minimum atomic E-state index is -0.566. The molecule has 20 nitrogen and oxygen atoms in total. The number of hydrogen-bond donors (Lipinski definition) is 5. The highest BCUT2D eigenvalue weighted by atomic mass is 35.5. The fourth-order valence-corrected chi connectivity index (χ4v) is 8.00. The molecule has 2 aromatic carbocycles. The van der Waals surface area contributed by atoms with Gasteiger partial charge in [0, 0.05) is 54.3 Å². The Morgan fingerprint density at radius 3 is 1.60 bits per heavy atom. The second-order valence-electron chi connectivity index (χ2n) is 17.0. The van der Waals surface area contributed by atoms with Gasteiger partial charge in [0.05, 0.1) is 22.9 Å². The number of hydrogen-bond acceptors (Lipinski definition) is 15. The first-order valence-corrected chi connectivity index (χ1v) is 21.7. The number of nitrogens with one attached hydrogen (secondary N) is 3. The highest BCUT2D eigenvalue weighted by molar-refractivity contribution is 6.05. The Kier molecular flexibility index (Phi) is 13.5. The SMILES string of the molecule is CC(C)(C)OC(=O)N1CC[C@@H](n2nc(-c3ccc(C(=O)Nc4ccccn4)cc3)c3c(N)ncnc32)C1.Cl.Nc1ncnc2c1c(-c1ccc(C(=O)Nc3ccccn3)cc1)nn2[C@@H]1CCNC1. The fraction of sp³-hybridized carbons (Fsp3) is 0.255. The number of fused-ring (bicyclic) bond motifs is 2. The Bertz CT molecular complexity index is 3060. The van der Waals surface area contributed by atoms with Crippen molar-refractivity contribution < 1.29 is 19.1 Å². The number of carbonyl (C=O) groups is 3. The Hall–Kier alpha value is -8.10. The number of amides is 3. The van der Waals surface area contributed by atoms with E-state index in [1.165, 1.54) is 12.7 Å². The molecular formula is C47H49ClN16O4. The quantitative estimate of drug-likeness (QED) is 0.108. The first-order valence-electron chi connectivity index (χ1n) is 21.7. The number of carbonyl (C=O) groups excluding carboxylic acids is 3. The van der Waals surface area contributed by atoms with Crippen LogP contribution in [0, 0.1) is 0 Å². The summed E-state index contributed by atoms with van der Waals surface area (Å²) in [7, 11) is 0. The van der Waals surface area contributed by atoms with Gasteiger partial charge in [-0.1, -0.05) is 36.4 Å². The molecule has 2 atom stereocenters. The Balaban J connectivity index is 0.000000185. The summed E-state index contributed by atoms with van der Waals surface area (Å²) in [5, 5.41) is 20.0. The molecular weight excluding hydrogens is 888 g/mol. The van der Waals surface area contributed by atoms with E-state index in [1.54, 1.807) is 71.9 Å². The molecule has 3 amide bonds. The summed E-state index contributed by atoms with van der Waals surface area (Å²) >= 11 is 0. The van der Waals surface area contributed by atoms with E-state index >= 15 is 0 Å². The molecule has 2 aliphatic rings. The predicted octanol–water partition coefficient (Wildman–Crippen LogP) is 6.58. The number of ether oxygens (including phenoxy) is 1.